The molecule has 4 nitrogen and oxygen atoms in total. The minimum atomic E-state index is -1.61. The van der Waals surface area contributed by atoms with Crippen molar-refractivity contribution in [3.05, 3.63) is 0 Å². The molecule has 0 aromatic rings. The Morgan fingerprint density at radius 3 is 2.30 bits per heavy atom. The van der Waals surface area contributed by atoms with Crippen molar-refractivity contribution >= 4 is 30.1 Å². The van der Waals surface area contributed by atoms with E-state index in [4.69, 9.17) is 15.7 Å². The first-order chi connectivity index (χ1) is 9.47. The van der Waals surface area contributed by atoms with Crippen LogP contribution in [0, 0.1) is 12.3 Å². The summed E-state index contributed by atoms with van der Waals surface area (Å²) in [6, 6.07) is 0.476. The van der Waals surface area contributed by atoms with Gasteiger partial charge in [0.15, 0.2) is 0 Å². The Hall–Kier alpha value is 0.530. The number of hydrogen-bond donors (Lipinski definition) is 1. The molecule has 1 aliphatic heterocycles. The number of terminal acetylenes is 1. The van der Waals surface area contributed by atoms with Crippen molar-refractivity contribution in [2.75, 3.05) is 18.1 Å². The Morgan fingerprint density at radius 2 is 1.80 bits per heavy atom. The van der Waals surface area contributed by atoms with Gasteiger partial charge in [0.05, 0.1) is 6.10 Å². The van der Waals surface area contributed by atoms with Crippen LogP contribution in [0.2, 0.25) is 0 Å². The Kier molecular flexibility index (Phi) is 8.85. The largest absolute Gasteiger partial charge is 0.362 e. The Labute approximate surface area is 131 Å². The molecule has 0 aromatic carbocycles. The lowest BCUT2D eigenvalue weighted by Crippen LogP contribution is -2.40. The molecule has 20 heavy (non-hydrogen) atoms. The SMILES string of the molecule is C#CCO[C@@H]1CSSC[C@H]1OP(O)N(C(C)C)C(C)C. The second-order valence-electron chi connectivity index (χ2n) is 5.09. The fourth-order valence-electron chi connectivity index (χ4n) is 2.02. The number of rotatable bonds is 7. The summed E-state index contributed by atoms with van der Waals surface area (Å²) in [5, 5.41) is 0. The molecular formula is C13H24NO3PS2. The number of hydrogen-bond acceptors (Lipinski definition) is 6. The van der Waals surface area contributed by atoms with Crippen molar-refractivity contribution < 1.29 is 14.2 Å². The van der Waals surface area contributed by atoms with E-state index < -0.39 is 8.53 Å². The lowest BCUT2D eigenvalue weighted by Gasteiger charge is -2.37. The predicted molar refractivity (Wildman–Crippen MR) is 89.6 cm³/mol. The van der Waals surface area contributed by atoms with Crippen LogP contribution in [0.5, 0.6) is 0 Å². The van der Waals surface area contributed by atoms with Gasteiger partial charge in [-0.15, -0.1) is 6.42 Å². The van der Waals surface area contributed by atoms with Gasteiger partial charge in [0.2, 0.25) is 0 Å². The van der Waals surface area contributed by atoms with E-state index in [1.165, 1.54) is 0 Å². The highest BCUT2D eigenvalue weighted by molar-refractivity contribution is 8.76. The van der Waals surface area contributed by atoms with Gasteiger partial charge in [-0.3, -0.25) is 0 Å². The van der Waals surface area contributed by atoms with Crippen LogP contribution >= 0.6 is 30.1 Å². The molecule has 116 valence electrons. The van der Waals surface area contributed by atoms with Crippen LogP contribution in [0.1, 0.15) is 27.7 Å². The molecule has 3 atom stereocenters. The first-order valence-corrected chi connectivity index (χ1v) is 10.4. The van der Waals surface area contributed by atoms with Crippen molar-refractivity contribution in [2.24, 2.45) is 0 Å². The highest BCUT2D eigenvalue weighted by Gasteiger charge is 2.33. The molecule has 1 fully saturated rings. The minimum absolute atomic E-state index is 0.0457. The van der Waals surface area contributed by atoms with Crippen LogP contribution < -0.4 is 0 Å². The standard InChI is InChI=1S/C13H24NO3PS2/c1-6-7-16-12-8-19-20-9-13(12)17-18(15)14(10(2)3)11(4)5/h1,10-13,15H,7-9H2,2-5H3/t12-,13-,18?/m1/s1. The van der Waals surface area contributed by atoms with E-state index in [1.807, 2.05) is 4.67 Å². The molecule has 0 radical (unpaired) electrons. The van der Waals surface area contributed by atoms with Crippen molar-refractivity contribution in [1.82, 2.24) is 4.67 Å². The summed E-state index contributed by atoms with van der Waals surface area (Å²) in [4.78, 5) is 10.4. The highest BCUT2D eigenvalue weighted by Crippen LogP contribution is 2.45. The third-order valence-corrected chi connectivity index (χ3v) is 7.02. The van der Waals surface area contributed by atoms with Crippen LogP contribution in [0.15, 0.2) is 0 Å². The van der Waals surface area contributed by atoms with E-state index in [-0.39, 0.29) is 30.9 Å². The Bertz CT molecular complexity index is 317. The van der Waals surface area contributed by atoms with Gasteiger partial charge >= 0.3 is 0 Å². The molecule has 0 amide bonds. The van der Waals surface area contributed by atoms with Gasteiger partial charge in [0.1, 0.15) is 12.7 Å². The molecule has 1 rings (SSSR count). The lowest BCUT2D eigenvalue weighted by atomic mass is 10.2. The van der Waals surface area contributed by atoms with Crippen LogP contribution in [-0.2, 0) is 9.26 Å². The van der Waals surface area contributed by atoms with Crippen LogP contribution in [0.3, 0.4) is 0 Å². The summed E-state index contributed by atoms with van der Waals surface area (Å²) in [6.45, 7) is 8.54. The molecule has 0 aliphatic carbocycles. The quantitative estimate of drug-likeness (QED) is 0.437. The lowest BCUT2D eigenvalue weighted by molar-refractivity contribution is 0.00769. The Balaban J connectivity index is 2.60. The molecule has 1 N–H and O–H groups in total. The monoisotopic (exact) mass is 337 g/mol. The minimum Gasteiger partial charge on any atom is -0.362 e. The maximum Gasteiger partial charge on any atom is 0.256 e. The van der Waals surface area contributed by atoms with E-state index >= 15 is 0 Å². The molecule has 1 saturated heterocycles. The number of nitrogens with zero attached hydrogens (tertiary/aromatic N) is 1. The third kappa shape index (κ3) is 5.73. The van der Waals surface area contributed by atoms with E-state index in [1.54, 1.807) is 21.6 Å². The summed E-state index contributed by atoms with van der Waals surface area (Å²) in [5.41, 5.74) is 0. The maximum atomic E-state index is 10.4. The fourth-order valence-corrected chi connectivity index (χ4v) is 5.91. The van der Waals surface area contributed by atoms with E-state index in [0.29, 0.717) is 0 Å². The van der Waals surface area contributed by atoms with Gasteiger partial charge in [-0.25, -0.2) is 4.67 Å². The summed E-state index contributed by atoms with van der Waals surface area (Å²) < 4.78 is 13.5. The average Bonchev–Trinajstić information content (AvgIpc) is 2.36. The second-order valence-corrected chi connectivity index (χ2v) is 8.82. The van der Waals surface area contributed by atoms with Gasteiger partial charge in [0, 0.05) is 23.6 Å². The molecular weight excluding hydrogens is 313 g/mol. The zero-order valence-corrected chi connectivity index (χ0v) is 15.0. The topological polar surface area (TPSA) is 41.9 Å². The van der Waals surface area contributed by atoms with Crippen molar-refractivity contribution in [2.45, 2.75) is 52.0 Å². The molecule has 1 heterocycles. The van der Waals surface area contributed by atoms with Gasteiger partial charge < -0.3 is 14.2 Å². The van der Waals surface area contributed by atoms with Crippen molar-refractivity contribution in [3.63, 3.8) is 0 Å². The van der Waals surface area contributed by atoms with Gasteiger partial charge in [0.25, 0.3) is 8.53 Å². The van der Waals surface area contributed by atoms with Crippen LogP contribution in [0.25, 0.3) is 0 Å². The predicted octanol–water partition coefficient (Wildman–Crippen LogP) is 3.12. The summed E-state index contributed by atoms with van der Waals surface area (Å²) in [6.07, 6.45) is 5.09. The van der Waals surface area contributed by atoms with E-state index in [0.717, 1.165) is 11.5 Å². The van der Waals surface area contributed by atoms with Crippen molar-refractivity contribution in [1.29, 1.82) is 0 Å². The molecule has 0 bridgehead atoms. The molecule has 1 aliphatic rings. The molecule has 7 heteroatoms. The van der Waals surface area contributed by atoms with E-state index in [9.17, 15) is 4.89 Å². The van der Waals surface area contributed by atoms with Crippen LogP contribution in [0.4, 0.5) is 0 Å². The van der Waals surface area contributed by atoms with Crippen molar-refractivity contribution in [3.8, 4) is 12.3 Å². The van der Waals surface area contributed by atoms with Gasteiger partial charge in [-0.05, 0) is 27.7 Å². The number of ether oxygens (including phenoxy) is 1. The van der Waals surface area contributed by atoms with E-state index in [2.05, 4.69) is 33.6 Å². The molecule has 1 unspecified atom stereocenters. The second kappa shape index (κ2) is 9.53. The highest BCUT2D eigenvalue weighted by atomic mass is 33.1. The first kappa shape index (κ1) is 18.6. The zero-order chi connectivity index (χ0) is 15.1. The molecule has 0 aromatic heterocycles. The smallest absolute Gasteiger partial charge is 0.256 e. The molecule has 0 saturated carbocycles. The normalized spacial score (nSPS) is 25.1. The third-order valence-electron chi connectivity index (χ3n) is 2.83. The van der Waals surface area contributed by atoms with Gasteiger partial charge in [-0.1, -0.05) is 27.5 Å². The fraction of sp³-hybridized carbons (Fsp3) is 0.846. The van der Waals surface area contributed by atoms with Gasteiger partial charge in [-0.2, -0.15) is 0 Å². The first-order valence-electron chi connectivity index (χ1n) is 6.70. The summed E-state index contributed by atoms with van der Waals surface area (Å²) >= 11 is 0. The maximum absolute atomic E-state index is 10.4. The zero-order valence-electron chi connectivity index (χ0n) is 12.5. The molecule has 0 spiro atoms. The van der Waals surface area contributed by atoms with Crippen LogP contribution in [-0.4, -0.2) is 52.0 Å². The summed E-state index contributed by atoms with van der Waals surface area (Å²) in [5.74, 6) is 4.13. The Morgan fingerprint density at radius 1 is 1.25 bits per heavy atom. The average molecular weight is 337 g/mol. The summed E-state index contributed by atoms with van der Waals surface area (Å²) in [7, 11) is 1.90.